The Labute approximate surface area is 187 Å². The van der Waals surface area contributed by atoms with Crippen molar-refractivity contribution in [2.24, 2.45) is 7.05 Å². The smallest absolute Gasteiger partial charge is 0.332 e. The fourth-order valence-corrected chi connectivity index (χ4v) is 4.22. The van der Waals surface area contributed by atoms with Crippen LogP contribution in [0.2, 0.25) is 0 Å². The SMILES string of the molecule is CCCn1c(=O)c2c(C(=O)NCCN3CCN(C)CC3)cc(=O)n(CCC)c2n(C)c1=O. The first-order valence-corrected chi connectivity index (χ1v) is 11.4. The zero-order valence-electron chi connectivity index (χ0n) is 19.5. The molecule has 3 heterocycles. The van der Waals surface area contributed by atoms with Crippen LogP contribution in [0, 0.1) is 0 Å². The van der Waals surface area contributed by atoms with E-state index in [0.717, 1.165) is 30.7 Å². The van der Waals surface area contributed by atoms with E-state index in [2.05, 4.69) is 22.2 Å². The number of carbonyl (C=O) groups is 1. The molecule has 0 atom stereocenters. The van der Waals surface area contributed by atoms with Gasteiger partial charge in [-0.2, -0.15) is 0 Å². The monoisotopic (exact) mass is 446 g/mol. The molecule has 1 aliphatic rings. The van der Waals surface area contributed by atoms with E-state index < -0.39 is 22.7 Å². The van der Waals surface area contributed by atoms with Crippen molar-refractivity contribution in [3.05, 3.63) is 42.8 Å². The molecule has 0 aromatic carbocycles. The summed E-state index contributed by atoms with van der Waals surface area (Å²) >= 11 is 0. The summed E-state index contributed by atoms with van der Waals surface area (Å²) in [6.45, 7) is 9.34. The summed E-state index contributed by atoms with van der Waals surface area (Å²) in [4.78, 5) is 56.5. The van der Waals surface area contributed by atoms with Crippen molar-refractivity contribution in [3.63, 3.8) is 0 Å². The van der Waals surface area contributed by atoms with E-state index in [-0.39, 0.29) is 23.1 Å². The number of carbonyl (C=O) groups excluding carboxylic acids is 1. The van der Waals surface area contributed by atoms with E-state index in [1.165, 1.54) is 22.2 Å². The van der Waals surface area contributed by atoms with Crippen molar-refractivity contribution in [2.45, 2.75) is 39.8 Å². The molecule has 0 saturated carbocycles. The first kappa shape index (κ1) is 23.9. The second-order valence-electron chi connectivity index (χ2n) is 8.45. The lowest BCUT2D eigenvalue weighted by Crippen LogP contribution is -2.47. The van der Waals surface area contributed by atoms with E-state index >= 15 is 0 Å². The van der Waals surface area contributed by atoms with Crippen molar-refractivity contribution < 1.29 is 4.79 Å². The molecule has 0 unspecified atom stereocenters. The van der Waals surface area contributed by atoms with Gasteiger partial charge in [0.15, 0.2) is 0 Å². The topological polar surface area (TPSA) is 102 Å². The van der Waals surface area contributed by atoms with Gasteiger partial charge in [0.05, 0.1) is 10.9 Å². The maximum Gasteiger partial charge on any atom is 0.332 e. The summed E-state index contributed by atoms with van der Waals surface area (Å²) < 4.78 is 3.87. The van der Waals surface area contributed by atoms with E-state index in [9.17, 15) is 19.2 Å². The minimum atomic E-state index is -0.529. The lowest BCUT2D eigenvalue weighted by Gasteiger charge is -2.32. The fourth-order valence-electron chi connectivity index (χ4n) is 4.22. The zero-order chi connectivity index (χ0) is 23.4. The standard InChI is InChI=1S/C22H34N6O4/c1-5-8-27-17(29)15-16(19(30)23-7-10-26-13-11-24(3)12-14-26)18-20(27)25(4)22(32)28(9-6-2)21(18)31/h15H,5-14H2,1-4H3,(H,23,30). The molecular weight excluding hydrogens is 412 g/mol. The molecule has 1 amide bonds. The number of rotatable bonds is 8. The molecule has 1 N–H and O–H groups in total. The van der Waals surface area contributed by atoms with Crippen LogP contribution in [0.3, 0.4) is 0 Å². The normalized spacial score (nSPS) is 15.4. The Morgan fingerprint density at radius 1 is 0.938 bits per heavy atom. The summed E-state index contributed by atoms with van der Waals surface area (Å²) in [6, 6.07) is 1.23. The number of piperazine rings is 1. The van der Waals surface area contributed by atoms with Crippen LogP contribution in [0.4, 0.5) is 0 Å². The molecule has 32 heavy (non-hydrogen) atoms. The Hall–Kier alpha value is -2.72. The molecule has 3 rings (SSSR count). The second kappa shape index (κ2) is 10.3. The van der Waals surface area contributed by atoms with Crippen LogP contribution in [0.25, 0.3) is 11.0 Å². The lowest BCUT2D eigenvalue weighted by atomic mass is 10.1. The number of hydrogen-bond acceptors (Lipinski definition) is 6. The molecule has 0 radical (unpaired) electrons. The Morgan fingerprint density at radius 2 is 1.56 bits per heavy atom. The van der Waals surface area contributed by atoms with Crippen LogP contribution < -0.4 is 22.1 Å². The largest absolute Gasteiger partial charge is 0.351 e. The Kier molecular flexibility index (Phi) is 7.68. The number of likely N-dealkylation sites (N-methyl/N-ethyl adjacent to an activating group) is 1. The number of nitrogens with one attached hydrogen (secondary N) is 1. The van der Waals surface area contributed by atoms with Gasteiger partial charge < -0.3 is 10.2 Å². The highest BCUT2D eigenvalue weighted by Crippen LogP contribution is 2.12. The Balaban J connectivity index is 2.01. The number of fused-ring (bicyclic) bond motifs is 1. The van der Waals surface area contributed by atoms with Crippen molar-refractivity contribution in [1.29, 1.82) is 0 Å². The van der Waals surface area contributed by atoms with Crippen LogP contribution in [0.5, 0.6) is 0 Å². The molecule has 2 aromatic heterocycles. The molecular formula is C22H34N6O4. The van der Waals surface area contributed by atoms with Gasteiger partial charge in [-0.3, -0.25) is 33.0 Å². The van der Waals surface area contributed by atoms with Gasteiger partial charge in [-0.05, 0) is 19.9 Å². The van der Waals surface area contributed by atoms with Crippen molar-refractivity contribution in [2.75, 3.05) is 46.3 Å². The highest BCUT2D eigenvalue weighted by molar-refractivity contribution is 6.05. The van der Waals surface area contributed by atoms with E-state index in [4.69, 9.17) is 0 Å². The van der Waals surface area contributed by atoms with Crippen LogP contribution >= 0.6 is 0 Å². The third-order valence-corrected chi connectivity index (χ3v) is 6.03. The van der Waals surface area contributed by atoms with Crippen LogP contribution in [-0.4, -0.2) is 75.7 Å². The predicted molar refractivity (Wildman–Crippen MR) is 125 cm³/mol. The van der Waals surface area contributed by atoms with E-state index in [0.29, 0.717) is 32.5 Å². The van der Waals surface area contributed by atoms with E-state index in [1.54, 1.807) is 0 Å². The average molecular weight is 447 g/mol. The molecule has 0 bridgehead atoms. The van der Waals surface area contributed by atoms with Crippen molar-refractivity contribution >= 4 is 16.9 Å². The lowest BCUT2D eigenvalue weighted by molar-refractivity contribution is 0.0942. The third-order valence-electron chi connectivity index (χ3n) is 6.03. The third kappa shape index (κ3) is 4.71. The average Bonchev–Trinajstić information content (AvgIpc) is 2.77. The van der Waals surface area contributed by atoms with Crippen molar-refractivity contribution in [3.8, 4) is 0 Å². The first-order chi connectivity index (χ1) is 15.3. The molecule has 176 valence electrons. The quantitative estimate of drug-likeness (QED) is 0.595. The number of nitrogens with zero attached hydrogens (tertiary/aromatic N) is 5. The molecule has 1 fully saturated rings. The molecule has 0 spiro atoms. The number of amides is 1. The molecule has 10 nitrogen and oxygen atoms in total. The van der Waals surface area contributed by atoms with Crippen LogP contribution in [0.15, 0.2) is 20.4 Å². The highest BCUT2D eigenvalue weighted by atomic mass is 16.2. The van der Waals surface area contributed by atoms with Crippen molar-refractivity contribution in [1.82, 2.24) is 28.8 Å². The molecule has 10 heteroatoms. The molecule has 0 aliphatic carbocycles. The summed E-state index contributed by atoms with van der Waals surface area (Å²) in [5, 5.41) is 2.98. The van der Waals surface area contributed by atoms with Gasteiger partial charge in [-0.25, -0.2) is 4.79 Å². The van der Waals surface area contributed by atoms with Gasteiger partial charge in [0.25, 0.3) is 17.0 Å². The molecule has 1 saturated heterocycles. The summed E-state index contributed by atoms with van der Waals surface area (Å²) in [5.41, 5.74) is -1.18. The summed E-state index contributed by atoms with van der Waals surface area (Å²) in [5.74, 6) is -0.469. The minimum absolute atomic E-state index is 0.0289. The summed E-state index contributed by atoms with van der Waals surface area (Å²) in [6.07, 6.45) is 1.25. The Bertz CT molecular complexity index is 1150. The molecule has 1 aliphatic heterocycles. The van der Waals surface area contributed by atoms with Gasteiger partial charge in [-0.15, -0.1) is 0 Å². The summed E-state index contributed by atoms with van der Waals surface area (Å²) in [7, 11) is 3.63. The van der Waals surface area contributed by atoms with Gasteiger partial charge in [-0.1, -0.05) is 13.8 Å². The van der Waals surface area contributed by atoms with Gasteiger partial charge in [0.2, 0.25) is 0 Å². The fraction of sp³-hybridized carbons (Fsp3) is 0.636. The first-order valence-electron chi connectivity index (χ1n) is 11.4. The minimum Gasteiger partial charge on any atom is -0.351 e. The highest BCUT2D eigenvalue weighted by Gasteiger charge is 2.22. The zero-order valence-corrected chi connectivity index (χ0v) is 19.5. The number of aryl methyl sites for hydroxylation is 2. The second-order valence-corrected chi connectivity index (χ2v) is 8.45. The van der Waals surface area contributed by atoms with E-state index in [1.807, 2.05) is 13.8 Å². The van der Waals surface area contributed by atoms with Gasteiger partial charge in [0, 0.05) is 65.5 Å². The van der Waals surface area contributed by atoms with Crippen LogP contribution in [0.1, 0.15) is 37.0 Å². The number of pyridine rings is 1. The Morgan fingerprint density at radius 3 is 2.19 bits per heavy atom. The maximum atomic E-state index is 13.3. The number of aromatic nitrogens is 3. The van der Waals surface area contributed by atoms with Crippen LogP contribution in [-0.2, 0) is 20.1 Å². The maximum absolute atomic E-state index is 13.3. The number of hydrogen-bond donors (Lipinski definition) is 1. The predicted octanol–water partition coefficient (Wildman–Crippen LogP) is -0.341. The van der Waals surface area contributed by atoms with Gasteiger partial charge >= 0.3 is 5.69 Å². The molecule has 2 aromatic rings. The van der Waals surface area contributed by atoms with Gasteiger partial charge in [0.1, 0.15) is 5.65 Å².